The van der Waals surface area contributed by atoms with E-state index in [0.717, 1.165) is 30.7 Å². The van der Waals surface area contributed by atoms with Crippen molar-refractivity contribution in [3.63, 3.8) is 0 Å². The van der Waals surface area contributed by atoms with Crippen molar-refractivity contribution in [3.8, 4) is 0 Å². The Labute approximate surface area is 199 Å². The van der Waals surface area contributed by atoms with E-state index in [1.807, 2.05) is 73.5 Å². The molecule has 2 amide bonds. The van der Waals surface area contributed by atoms with Gasteiger partial charge < -0.3 is 19.9 Å². The summed E-state index contributed by atoms with van der Waals surface area (Å²) in [6, 6.07) is 9.54. The van der Waals surface area contributed by atoms with Crippen molar-refractivity contribution in [1.82, 2.24) is 4.90 Å². The van der Waals surface area contributed by atoms with Gasteiger partial charge in [-0.05, 0) is 61.9 Å². The smallest absolute Gasteiger partial charge is 0.264 e. The van der Waals surface area contributed by atoms with Crippen LogP contribution in [0.5, 0.6) is 0 Å². The van der Waals surface area contributed by atoms with Gasteiger partial charge in [0.15, 0.2) is 0 Å². The Morgan fingerprint density at radius 3 is 2.66 bits per heavy atom. The molecule has 32 heavy (non-hydrogen) atoms. The van der Waals surface area contributed by atoms with Crippen molar-refractivity contribution in [2.75, 3.05) is 43.3 Å². The van der Waals surface area contributed by atoms with Crippen LogP contribution in [0.15, 0.2) is 35.7 Å². The summed E-state index contributed by atoms with van der Waals surface area (Å²) >= 11 is 7.41. The van der Waals surface area contributed by atoms with Gasteiger partial charge in [-0.15, -0.1) is 22.9 Å². The highest BCUT2D eigenvalue weighted by molar-refractivity contribution is 7.12. The van der Waals surface area contributed by atoms with Crippen LogP contribution in [-0.4, -0.2) is 55.9 Å². The molecule has 2 aromatic rings. The van der Waals surface area contributed by atoms with Gasteiger partial charge in [0, 0.05) is 51.0 Å². The van der Waals surface area contributed by atoms with Crippen LogP contribution < -0.4 is 10.2 Å². The van der Waals surface area contributed by atoms with Crippen LogP contribution in [-0.2, 0) is 16.1 Å². The van der Waals surface area contributed by atoms with E-state index in [0.29, 0.717) is 23.7 Å². The molecule has 6 nitrogen and oxygen atoms in total. The first kappa shape index (κ1) is 24.6. The zero-order chi connectivity index (χ0) is 23.3. The van der Waals surface area contributed by atoms with Crippen LogP contribution >= 0.6 is 22.9 Å². The molecule has 0 spiro atoms. The molecule has 8 heteroatoms. The molecule has 1 aliphatic heterocycles. The van der Waals surface area contributed by atoms with E-state index in [1.165, 1.54) is 11.3 Å². The number of hydrogen-bond donors (Lipinski definition) is 1. The highest BCUT2D eigenvalue weighted by Crippen LogP contribution is 2.28. The molecule has 174 valence electrons. The van der Waals surface area contributed by atoms with Crippen LogP contribution in [0.3, 0.4) is 0 Å². The van der Waals surface area contributed by atoms with Crippen LogP contribution in [0.25, 0.3) is 0 Å². The number of nitrogens with zero attached hydrogens (tertiary/aromatic N) is 2. The van der Waals surface area contributed by atoms with Gasteiger partial charge in [0.1, 0.15) is 0 Å². The fourth-order valence-electron chi connectivity index (χ4n) is 3.60. The van der Waals surface area contributed by atoms with Gasteiger partial charge in [0.25, 0.3) is 5.91 Å². The number of thiophene rings is 1. The summed E-state index contributed by atoms with van der Waals surface area (Å²) in [5.74, 6) is 0.0891. The molecular weight excluding hydrogens is 446 g/mol. The lowest BCUT2D eigenvalue weighted by molar-refractivity contribution is -0.122. The Balaban J connectivity index is 1.88. The molecule has 3 rings (SSSR count). The number of carbonyl (C=O) groups is 2. The molecule has 0 unspecified atom stereocenters. The monoisotopic (exact) mass is 477 g/mol. The molecule has 1 N–H and O–H groups in total. The third-order valence-corrected chi connectivity index (χ3v) is 7.12. The number of carbonyl (C=O) groups excluding carboxylic acids is 2. The van der Waals surface area contributed by atoms with Gasteiger partial charge in [-0.2, -0.15) is 0 Å². The number of alkyl halides is 1. The van der Waals surface area contributed by atoms with Gasteiger partial charge in [-0.3, -0.25) is 9.59 Å². The molecule has 1 aliphatic rings. The maximum Gasteiger partial charge on any atom is 0.264 e. The number of benzene rings is 1. The topological polar surface area (TPSA) is 61.9 Å². The predicted octanol–water partition coefficient (Wildman–Crippen LogP) is 4.84. The molecule has 1 atom stereocenters. The zero-order valence-corrected chi connectivity index (χ0v) is 20.8. The maximum atomic E-state index is 13.3. The minimum absolute atomic E-state index is 0.00193. The highest BCUT2D eigenvalue weighted by Gasteiger charge is 2.28. The number of amides is 2. The largest absolute Gasteiger partial charge is 0.377 e. The summed E-state index contributed by atoms with van der Waals surface area (Å²) in [7, 11) is 3.94. The van der Waals surface area contributed by atoms with Gasteiger partial charge in [-0.25, -0.2) is 0 Å². The van der Waals surface area contributed by atoms with Crippen molar-refractivity contribution in [2.24, 2.45) is 5.41 Å². The normalized spacial score (nSPS) is 16.1. The van der Waals surface area contributed by atoms with Crippen molar-refractivity contribution in [3.05, 3.63) is 46.2 Å². The molecule has 0 radical (unpaired) electrons. The molecule has 0 bridgehead atoms. The van der Waals surface area contributed by atoms with Crippen LogP contribution in [0.4, 0.5) is 11.4 Å². The third kappa shape index (κ3) is 6.03. The van der Waals surface area contributed by atoms with Crippen molar-refractivity contribution >= 4 is 46.1 Å². The van der Waals surface area contributed by atoms with E-state index >= 15 is 0 Å². The highest BCUT2D eigenvalue weighted by atomic mass is 35.5. The minimum Gasteiger partial charge on any atom is -0.377 e. The van der Waals surface area contributed by atoms with E-state index in [4.69, 9.17) is 16.3 Å². The Morgan fingerprint density at radius 1 is 1.28 bits per heavy atom. The average Bonchev–Trinajstić information content (AvgIpc) is 3.47. The zero-order valence-electron chi connectivity index (χ0n) is 19.2. The average molecular weight is 478 g/mol. The first-order chi connectivity index (χ1) is 15.2. The number of anilines is 2. The number of ether oxygens (including phenoxy) is 1. The summed E-state index contributed by atoms with van der Waals surface area (Å²) < 4.78 is 5.82. The molecule has 0 aliphatic carbocycles. The Kier molecular flexibility index (Phi) is 8.20. The molecule has 0 saturated carbocycles. The van der Waals surface area contributed by atoms with Gasteiger partial charge >= 0.3 is 0 Å². The lowest BCUT2D eigenvalue weighted by Gasteiger charge is -2.28. The lowest BCUT2D eigenvalue weighted by atomic mass is 9.95. The fraction of sp³-hybridized carbons (Fsp3) is 0.500. The van der Waals surface area contributed by atoms with Gasteiger partial charge in [-0.1, -0.05) is 6.07 Å². The number of hydrogen-bond acceptors (Lipinski definition) is 5. The standard InChI is InChI=1S/C24H32ClN3O3S/c1-24(2,16-25)23(30)26-18-9-10-20(27(3)4)17(13-18)14-28(15-19-7-5-11-31-19)22(29)21-8-6-12-32-21/h6,8-10,12-13,19H,5,7,11,14-16H2,1-4H3,(H,26,30)/t19-/m1/s1. The number of halogens is 1. The third-order valence-electron chi connectivity index (χ3n) is 5.60. The molecular formula is C24H32ClN3O3S. The first-order valence-electron chi connectivity index (χ1n) is 10.8. The minimum atomic E-state index is -0.678. The van der Waals surface area contributed by atoms with Crippen molar-refractivity contribution < 1.29 is 14.3 Å². The van der Waals surface area contributed by atoms with Gasteiger partial charge in [0.05, 0.1) is 16.4 Å². The first-order valence-corrected chi connectivity index (χ1v) is 12.2. The van der Waals surface area contributed by atoms with Gasteiger partial charge in [0.2, 0.25) is 5.91 Å². The van der Waals surface area contributed by atoms with Crippen LogP contribution in [0.1, 0.15) is 41.9 Å². The van der Waals surface area contributed by atoms with E-state index in [2.05, 4.69) is 5.32 Å². The second kappa shape index (κ2) is 10.7. The molecule has 1 aromatic carbocycles. The number of nitrogens with one attached hydrogen (secondary N) is 1. The summed E-state index contributed by atoms with van der Waals surface area (Å²) in [6.45, 7) is 5.33. The summed E-state index contributed by atoms with van der Waals surface area (Å²) in [4.78, 5) is 30.5. The van der Waals surface area contributed by atoms with E-state index in [9.17, 15) is 9.59 Å². The number of rotatable bonds is 9. The van der Waals surface area contributed by atoms with Crippen molar-refractivity contribution in [2.45, 2.75) is 39.3 Å². The Bertz CT molecular complexity index is 925. The predicted molar refractivity (Wildman–Crippen MR) is 132 cm³/mol. The molecule has 1 fully saturated rings. The summed E-state index contributed by atoms with van der Waals surface area (Å²) in [5, 5.41) is 4.89. The van der Waals surface area contributed by atoms with Crippen LogP contribution in [0.2, 0.25) is 0 Å². The molecule has 1 saturated heterocycles. The fourth-order valence-corrected chi connectivity index (χ4v) is 4.41. The molecule has 1 aromatic heterocycles. The van der Waals surface area contributed by atoms with E-state index in [1.54, 1.807) is 0 Å². The van der Waals surface area contributed by atoms with Crippen LogP contribution in [0, 0.1) is 5.41 Å². The second-order valence-electron chi connectivity index (χ2n) is 9.01. The quantitative estimate of drug-likeness (QED) is 0.525. The summed E-state index contributed by atoms with van der Waals surface area (Å²) in [6.07, 6.45) is 2.03. The second-order valence-corrected chi connectivity index (χ2v) is 10.2. The Hall–Kier alpha value is -2.09. The maximum absolute atomic E-state index is 13.3. The molecule has 2 heterocycles. The summed E-state index contributed by atoms with van der Waals surface area (Å²) in [5.41, 5.74) is 1.97. The van der Waals surface area contributed by atoms with E-state index in [-0.39, 0.29) is 23.8 Å². The van der Waals surface area contributed by atoms with E-state index < -0.39 is 5.41 Å². The van der Waals surface area contributed by atoms with Crippen molar-refractivity contribution in [1.29, 1.82) is 0 Å². The Morgan fingerprint density at radius 2 is 2.06 bits per heavy atom. The SMILES string of the molecule is CN(C)c1ccc(NC(=O)C(C)(C)CCl)cc1CN(C[C@H]1CCCO1)C(=O)c1cccs1. The lowest BCUT2D eigenvalue weighted by Crippen LogP contribution is -2.37.